The summed E-state index contributed by atoms with van der Waals surface area (Å²) >= 11 is 6.47. The van der Waals surface area contributed by atoms with E-state index in [9.17, 15) is 13.2 Å². The Labute approximate surface area is 126 Å². The standard InChI is InChI=1S/C13H17F3N2S2/c1-3-20-7-8(2)18-9-4-5-11(13(14,15)16)10(6-9)12(17)19/h4-6,8,18H,3,7H2,1-2H3,(H2,17,19). The van der Waals surface area contributed by atoms with Gasteiger partial charge in [-0.05, 0) is 30.9 Å². The highest BCUT2D eigenvalue weighted by atomic mass is 32.2. The summed E-state index contributed by atoms with van der Waals surface area (Å²) in [5, 5.41) is 3.15. The molecule has 0 aromatic heterocycles. The first-order valence-corrected chi connectivity index (χ1v) is 7.67. The van der Waals surface area contributed by atoms with E-state index in [-0.39, 0.29) is 16.6 Å². The summed E-state index contributed by atoms with van der Waals surface area (Å²) in [5.41, 5.74) is 5.03. The van der Waals surface area contributed by atoms with E-state index in [1.54, 1.807) is 11.8 Å². The zero-order valence-electron chi connectivity index (χ0n) is 11.3. The minimum atomic E-state index is -4.46. The number of hydrogen-bond donors (Lipinski definition) is 2. The van der Waals surface area contributed by atoms with Gasteiger partial charge in [-0.3, -0.25) is 0 Å². The van der Waals surface area contributed by atoms with Crippen molar-refractivity contribution in [2.45, 2.75) is 26.1 Å². The van der Waals surface area contributed by atoms with Crippen molar-refractivity contribution < 1.29 is 13.2 Å². The Morgan fingerprint density at radius 2 is 2.10 bits per heavy atom. The minimum Gasteiger partial charge on any atom is -0.389 e. The molecule has 0 spiro atoms. The lowest BCUT2D eigenvalue weighted by atomic mass is 10.1. The van der Waals surface area contributed by atoms with Crippen molar-refractivity contribution in [3.05, 3.63) is 29.3 Å². The predicted octanol–water partition coefficient (Wildman–Crippen LogP) is 3.89. The van der Waals surface area contributed by atoms with Crippen LogP contribution in [0.2, 0.25) is 0 Å². The molecule has 3 N–H and O–H groups in total. The number of nitrogens with two attached hydrogens (primary N) is 1. The molecule has 1 rings (SSSR count). The quantitative estimate of drug-likeness (QED) is 0.779. The van der Waals surface area contributed by atoms with E-state index in [1.807, 2.05) is 6.92 Å². The number of nitrogens with one attached hydrogen (secondary N) is 1. The highest BCUT2D eigenvalue weighted by Crippen LogP contribution is 2.33. The van der Waals surface area contributed by atoms with Crippen LogP contribution in [-0.2, 0) is 6.18 Å². The summed E-state index contributed by atoms with van der Waals surface area (Å²) in [4.78, 5) is -0.253. The minimum absolute atomic E-state index is 0.146. The average molecular weight is 322 g/mol. The Morgan fingerprint density at radius 1 is 1.45 bits per heavy atom. The first-order valence-electron chi connectivity index (χ1n) is 6.11. The van der Waals surface area contributed by atoms with Gasteiger partial charge in [-0.1, -0.05) is 19.1 Å². The van der Waals surface area contributed by atoms with Gasteiger partial charge in [0.1, 0.15) is 4.99 Å². The second-order valence-corrected chi connectivity index (χ2v) is 6.09. The zero-order chi connectivity index (χ0) is 15.3. The third-order valence-corrected chi connectivity index (χ3v) is 3.94. The molecule has 0 aliphatic carbocycles. The number of thioether (sulfide) groups is 1. The van der Waals surface area contributed by atoms with Crippen molar-refractivity contribution in [2.24, 2.45) is 5.73 Å². The number of rotatable bonds is 6. The van der Waals surface area contributed by atoms with E-state index >= 15 is 0 Å². The van der Waals surface area contributed by atoms with Gasteiger partial charge in [0.05, 0.1) is 5.56 Å². The van der Waals surface area contributed by atoms with Crippen LogP contribution in [0.4, 0.5) is 18.9 Å². The van der Waals surface area contributed by atoms with Gasteiger partial charge in [0.25, 0.3) is 0 Å². The molecular weight excluding hydrogens is 305 g/mol. The molecule has 7 heteroatoms. The van der Waals surface area contributed by atoms with Gasteiger partial charge in [-0.25, -0.2) is 0 Å². The summed E-state index contributed by atoms with van der Waals surface area (Å²) in [6, 6.07) is 3.92. The summed E-state index contributed by atoms with van der Waals surface area (Å²) in [6.45, 7) is 4.03. The second-order valence-electron chi connectivity index (χ2n) is 4.33. The van der Waals surface area contributed by atoms with E-state index in [4.69, 9.17) is 18.0 Å². The van der Waals surface area contributed by atoms with Crippen molar-refractivity contribution in [3.63, 3.8) is 0 Å². The summed E-state index contributed by atoms with van der Waals surface area (Å²) in [5.74, 6) is 1.87. The summed E-state index contributed by atoms with van der Waals surface area (Å²) in [6.07, 6.45) is -4.46. The third kappa shape index (κ3) is 4.86. The van der Waals surface area contributed by atoms with Crippen molar-refractivity contribution in [1.29, 1.82) is 0 Å². The van der Waals surface area contributed by atoms with Crippen LogP contribution in [0.25, 0.3) is 0 Å². The molecule has 1 aromatic carbocycles. The molecule has 1 aromatic rings. The summed E-state index contributed by atoms with van der Waals surface area (Å²) < 4.78 is 38.5. The normalized spacial score (nSPS) is 13.1. The van der Waals surface area contributed by atoms with Crippen molar-refractivity contribution in [1.82, 2.24) is 0 Å². The number of thiocarbonyl (C=S) groups is 1. The van der Waals surface area contributed by atoms with Crippen molar-refractivity contribution >= 4 is 34.7 Å². The largest absolute Gasteiger partial charge is 0.417 e. The van der Waals surface area contributed by atoms with Gasteiger partial charge >= 0.3 is 6.18 Å². The lowest BCUT2D eigenvalue weighted by Crippen LogP contribution is -2.21. The topological polar surface area (TPSA) is 38.0 Å². The van der Waals surface area contributed by atoms with E-state index in [1.165, 1.54) is 12.1 Å². The van der Waals surface area contributed by atoms with Crippen LogP contribution in [0, 0.1) is 0 Å². The van der Waals surface area contributed by atoms with E-state index in [0.29, 0.717) is 5.69 Å². The smallest absolute Gasteiger partial charge is 0.389 e. The molecule has 20 heavy (non-hydrogen) atoms. The Morgan fingerprint density at radius 3 is 2.60 bits per heavy atom. The van der Waals surface area contributed by atoms with Gasteiger partial charge in [0.15, 0.2) is 0 Å². The van der Waals surface area contributed by atoms with Crippen LogP contribution in [0.15, 0.2) is 18.2 Å². The van der Waals surface area contributed by atoms with Gasteiger partial charge in [-0.2, -0.15) is 24.9 Å². The molecule has 2 nitrogen and oxygen atoms in total. The van der Waals surface area contributed by atoms with Crippen LogP contribution >= 0.6 is 24.0 Å². The Kier molecular flexibility index (Phi) is 6.13. The molecule has 0 amide bonds. The number of alkyl halides is 3. The molecule has 112 valence electrons. The maximum atomic E-state index is 12.8. The first-order chi connectivity index (χ1) is 9.25. The Hall–Kier alpha value is -0.950. The maximum Gasteiger partial charge on any atom is 0.417 e. The fourth-order valence-corrected chi connectivity index (χ4v) is 2.55. The monoisotopic (exact) mass is 322 g/mol. The molecule has 0 saturated carbocycles. The Balaban J connectivity index is 2.96. The van der Waals surface area contributed by atoms with E-state index in [2.05, 4.69) is 12.2 Å². The Bertz CT molecular complexity index is 475. The predicted molar refractivity (Wildman–Crippen MR) is 83.4 cm³/mol. The lowest BCUT2D eigenvalue weighted by molar-refractivity contribution is -0.137. The van der Waals surface area contributed by atoms with Crippen molar-refractivity contribution in [3.8, 4) is 0 Å². The van der Waals surface area contributed by atoms with E-state index < -0.39 is 11.7 Å². The van der Waals surface area contributed by atoms with Crippen LogP contribution in [0.1, 0.15) is 25.0 Å². The molecule has 1 unspecified atom stereocenters. The lowest BCUT2D eigenvalue weighted by Gasteiger charge is -2.17. The highest BCUT2D eigenvalue weighted by molar-refractivity contribution is 7.99. The highest BCUT2D eigenvalue weighted by Gasteiger charge is 2.34. The fraction of sp³-hybridized carbons (Fsp3) is 0.462. The molecule has 0 radical (unpaired) electrons. The van der Waals surface area contributed by atoms with Gasteiger partial charge < -0.3 is 11.1 Å². The number of benzene rings is 1. The first kappa shape index (κ1) is 17.1. The molecule has 0 aliphatic rings. The molecule has 0 aliphatic heterocycles. The van der Waals surface area contributed by atoms with Crippen LogP contribution in [-0.4, -0.2) is 22.5 Å². The fourth-order valence-electron chi connectivity index (χ4n) is 1.71. The van der Waals surface area contributed by atoms with Crippen molar-refractivity contribution in [2.75, 3.05) is 16.8 Å². The van der Waals surface area contributed by atoms with Gasteiger partial charge in [0.2, 0.25) is 0 Å². The third-order valence-electron chi connectivity index (χ3n) is 2.58. The SMILES string of the molecule is CCSCC(C)Nc1ccc(C(F)(F)F)c(C(N)=S)c1. The molecule has 0 fully saturated rings. The zero-order valence-corrected chi connectivity index (χ0v) is 12.9. The number of halogens is 3. The average Bonchev–Trinajstić information content (AvgIpc) is 2.34. The molecule has 0 saturated heterocycles. The molecule has 1 atom stereocenters. The van der Waals surface area contributed by atoms with Crippen LogP contribution in [0.5, 0.6) is 0 Å². The van der Waals surface area contributed by atoms with Gasteiger partial charge in [-0.15, -0.1) is 0 Å². The van der Waals surface area contributed by atoms with Gasteiger partial charge in [0, 0.05) is 23.0 Å². The van der Waals surface area contributed by atoms with Crippen LogP contribution in [0.3, 0.4) is 0 Å². The molecular formula is C13H17F3N2S2. The number of anilines is 1. The van der Waals surface area contributed by atoms with Crippen LogP contribution < -0.4 is 11.1 Å². The molecule has 0 heterocycles. The maximum absolute atomic E-state index is 12.8. The second kappa shape index (κ2) is 7.17. The number of hydrogen-bond acceptors (Lipinski definition) is 3. The molecule has 0 bridgehead atoms. The summed E-state index contributed by atoms with van der Waals surface area (Å²) in [7, 11) is 0. The van der Waals surface area contributed by atoms with E-state index in [0.717, 1.165) is 17.6 Å².